The average molecular weight is 342 g/mol. The molecule has 1 aliphatic heterocycles. The summed E-state index contributed by atoms with van der Waals surface area (Å²) in [5.41, 5.74) is 3.51. The molecule has 1 saturated heterocycles. The van der Waals surface area contributed by atoms with Crippen LogP contribution in [0.5, 0.6) is 0 Å². The lowest BCUT2D eigenvalue weighted by Crippen LogP contribution is -2.43. The maximum absolute atomic E-state index is 12.5. The van der Waals surface area contributed by atoms with Gasteiger partial charge in [-0.2, -0.15) is 0 Å². The number of carboxylic acids is 1. The molecule has 1 aromatic heterocycles. The standard InChI is InChI=1S/C18H22N4O3/c1-12-5-7-15(8-6-12)22-13(2)16(19-20-22)10-17(23)21-9-3-4-14(11-21)18(24)25/h5-8,14H,3-4,9-11H2,1-2H3,(H,24,25)/t14-/m1/s1. The summed E-state index contributed by atoms with van der Waals surface area (Å²) >= 11 is 0. The Balaban J connectivity index is 1.72. The molecule has 1 aliphatic rings. The van der Waals surface area contributed by atoms with Crippen molar-refractivity contribution in [3.63, 3.8) is 0 Å². The second kappa shape index (κ2) is 7.04. The lowest BCUT2D eigenvalue weighted by molar-refractivity contribution is -0.145. The first-order chi connectivity index (χ1) is 12.0. The van der Waals surface area contributed by atoms with Gasteiger partial charge in [0, 0.05) is 13.1 Å². The van der Waals surface area contributed by atoms with E-state index in [9.17, 15) is 9.59 Å². The van der Waals surface area contributed by atoms with E-state index >= 15 is 0 Å². The highest BCUT2D eigenvalue weighted by Gasteiger charge is 2.28. The van der Waals surface area contributed by atoms with E-state index in [4.69, 9.17) is 5.11 Å². The molecular formula is C18H22N4O3. The van der Waals surface area contributed by atoms with Crippen molar-refractivity contribution in [1.29, 1.82) is 0 Å². The fourth-order valence-corrected chi connectivity index (χ4v) is 3.12. The molecule has 7 nitrogen and oxygen atoms in total. The lowest BCUT2D eigenvalue weighted by Gasteiger charge is -2.30. The van der Waals surface area contributed by atoms with Crippen LogP contribution < -0.4 is 0 Å². The third-order valence-electron chi connectivity index (χ3n) is 4.71. The van der Waals surface area contributed by atoms with Crippen LogP contribution in [0.3, 0.4) is 0 Å². The Morgan fingerprint density at radius 2 is 1.96 bits per heavy atom. The molecule has 1 fully saturated rings. The molecule has 1 N–H and O–H groups in total. The zero-order valence-electron chi connectivity index (χ0n) is 14.5. The van der Waals surface area contributed by atoms with Crippen LogP contribution in [0, 0.1) is 19.8 Å². The first kappa shape index (κ1) is 17.1. The molecule has 1 amide bonds. The smallest absolute Gasteiger partial charge is 0.308 e. The lowest BCUT2D eigenvalue weighted by atomic mass is 9.98. The number of carbonyl (C=O) groups excluding carboxylic acids is 1. The number of rotatable bonds is 4. The quantitative estimate of drug-likeness (QED) is 0.914. The van der Waals surface area contributed by atoms with Gasteiger partial charge >= 0.3 is 5.97 Å². The van der Waals surface area contributed by atoms with Gasteiger partial charge in [0.05, 0.1) is 29.4 Å². The minimum atomic E-state index is -0.834. The molecule has 25 heavy (non-hydrogen) atoms. The van der Waals surface area contributed by atoms with E-state index in [-0.39, 0.29) is 18.9 Å². The Bertz CT molecular complexity index is 782. The second-order valence-electron chi connectivity index (χ2n) is 6.56. The predicted octanol–water partition coefficient (Wildman–Crippen LogP) is 1.75. The van der Waals surface area contributed by atoms with Gasteiger partial charge in [-0.25, -0.2) is 4.68 Å². The number of hydrogen-bond acceptors (Lipinski definition) is 4. The maximum atomic E-state index is 12.5. The van der Waals surface area contributed by atoms with Gasteiger partial charge in [0.25, 0.3) is 0 Å². The second-order valence-corrected chi connectivity index (χ2v) is 6.56. The Morgan fingerprint density at radius 3 is 2.64 bits per heavy atom. The number of aromatic nitrogens is 3. The number of aryl methyl sites for hydroxylation is 1. The van der Waals surface area contributed by atoms with E-state index in [0.717, 1.165) is 23.4 Å². The monoisotopic (exact) mass is 342 g/mol. The minimum absolute atomic E-state index is 0.0926. The van der Waals surface area contributed by atoms with Crippen molar-refractivity contribution >= 4 is 11.9 Å². The average Bonchev–Trinajstić information content (AvgIpc) is 2.96. The van der Waals surface area contributed by atoms with Gasteiger partial charge in [-0.1, -0.05) is 22.9 Å². The van der Waals surface area contributed by atoms with Crippen molar-refractivity contribution in [2.75, 3.05) is 13.1 Å². The SMILES string of the molecule is Cc1ccc(-n2nnc(CC(=O)N3CCC[C@@H](C(=O)O)C3)c2C)cc1. The van der Waals surface area contributed by atoms with Crippen LogP contribution in [0.1, 0.15) is 29.8 Å². The summed E-state index contributed by atoms with van der Waals surface area (Å²) in [5.74, 6) is -1.40. The largest absolute Gasteiger partial charge is 0.481 e. The molecular weight excluding hydrogens is 320 g/mol. The van der Waals surface area contributed by atoms with Crippen molar-refractivity contribution in [3.05, 3.63) is 41.2 Å². The normalized spacial score (nSPS) is 17.5. The molecule has 1 aromatic carbocycles. The number of likely N-dealkylation sites (tertiary alicyclic amines) is 1. The number of carboxylic acid groups (broad SMARTS) is 1. The third-order valence-corrected chi connectivity index (χ3v) is 4.71. The van der Waals surface area contributed by atoms with Crippen molar-refractivity contribution in [1.82, 2.24) is 19.9 Å². The Hall–Kier alpha value is -2.70. The van der Waals surface area contributed by atoms with Gasteiger partial charge < -0.3 is 10.0 Å². The van der Waals surface area contributed by atoms with Gasteiger partial charge in [-0.15, -0.1) is 5.10 Å². The molecule has 0 bridgehead atoms. The van der Waals surface area contributed by atoms with Gasteiger partial charge in [0.2, 0.25) is 5.91 Å². The molecule has 0 spiro atoms. The summed E-state index contributed by atoms with van der Waals surface area (Å²) in [7, 11) is 0. The van der Waals surface area contributed by atoms with Crippen LogP contribution in [-0.2, 0) is 16.0 Å². The molecule has 3 rings (SSSR count). The van der Waals surface area contributed by atoms with Crippen LogP contribution >= 0.6 is 0 Å². The van der Waals surface area contributed by atoms with Crippen LogP contribution in [0.2, 0.25) is 0 Å². The summed E-state index contributed by atoms with van der Waals surface area (Å²) < 4.78 is 1.72. The Labute approximate surface area is 146 Å². The van der Waals surface area contributed by atoms with Gasteiger partial charge in [0.1, 0.15) is 0 Å². The molecule has 7 heteroatoms. The van der Waals surface area contributed by atoms with Gasteiger partial charge in [-0.05, 0) is 38.8 Å². The van der Waals surface area contributed by atoms with Crippen molar-refractivity contribution in [2.24, 2.45) is 5.92 Å². The Morgan fingerprint density at radius 1 is 1.24 bits per heavy atom. The molecule has 1 atom stereocenters. The van der Waals surface area contributed by atoms with E-state index < -0.39 is 11.9 Å². The summed E-state index contributed by atoms with van der Waals surface area (Å²) in [4.78, 5) is 25.3. The summed E-state index contributed by atoms with van der Waals surface area (Å²) in [5, 5.41) is 17.5. The van der Waals surface area contributed by atoms with Gasteiger partial charge in [-0.3, -0.25) is 9.59 Å². The summed E-state index contributed by atoms with van der Waals surface area (Å²) in [6.45, 7) is 4.79. The van der Waals surface area contributed by atoms with Gasteiger partial charge in [0.15, 0.2) is 0 Å². The zero-order valence-corrected chi connectivity index (χ0v) is 14.5. The first-order valence-electron chi connectivity index (χ1n) is 8.44. The Kier molecular flexibility index (Phi) is 4.83. The fourth-order valence-electron chi connectivity index (χ4n) is 3.12. The van der Waals surface area contributed by atoms with Crippen LogP contribution in [0.25, 0.3) is 5.69 Å². The summed E-state index contributed by atoms with van der Waals surface area (Å²) in [6, 6.07) is 7.93. The van der Waals surface area contributed by atoms with Crippen molar-refractivity contribution in [2.45, 2.75) is 33.1 Å². The zero-order chi connectivity index (χ0) is 18.0. The highest BCUT2D eigenvalue weighted by molar-refractivity contribution is 5.80. The molecule has 2 aromatic rings. The van der Waals surface area contributed by atoms with Crippen LogP contribution in [0.15, 0.2) is 24.3 Å². The van der Waals surface area contributed by atoms with Crippen LogP contribution in [-0.4, -0.2) is 50.0 Å². The minimum Gasteiger partial charge on any atom is -0.481 e. The maximum Gasteiger partial charge on any atom is 0.308 e. The number of benzene rings is 1. The predicted molar refractivity (Wildman–Crippen MR) is 91.5 cm³/mol. The van der Waals surface area contributed by atoms with Crippen molar-refractivity contribution in [3.8, 4) is 5.69 Å². The molecule has 2 heterocycles. The molecule has 132 valence electrons. The van der Waals surface area contributed by atoms with E-state index in [1.165, 1.54) is 0 Å². The number of aliphatic carboxylic acids is 1. The third kappa shape index (κ3) is 3.70. The number of amides is 1. The first-order valence-corrected chi connectivity index (χ1v) is 8.44. The number of hydrogen-bond donors (Lipinski definition) is 1. The van der Waals surface area contributed by atoms with Crippen molar-refractivity contribution < 1.29 is 14.7 Å². The highest BCUT2D eigenvalue weighted by Crippen LogP contribution is 2.19. The molecule has 0 radical (unpaired) electrons. The molecule has 0 saturated carbocycles. The topological polar surface area (TPSA) is 88.3 Å². The van der Waals surface area contributed by atoms with E-state index in [1.807, 2.05) is 38.1 Å². The van der Waals surface area contributed by atoms with Crippen LogP contribution in [0.4, 0.5) is 0 Å². The number of piperidine rings is 1. The van der Waals surface area contributed by atoms with E-state index in [0.29, 0.717) is 18.7 Å². The molecule has 0 aliphatic carbocycles. The summed E-state index contributed by atoms with van der Waals surface area (Å²) in [6.07, 6.45) is 1.49. The van der Waals surface area contributed by atoms with E-state index in [1.54, 1.807) is 9.58 Å². The number of carbonyl (C=O) groups is 2. The van der Waals surface area contributed by atoms with E-state index in [2.05, 4.69) is 10.3 Å². The highest BCUT2D eigenvalue weighted by atomic mass is 16.4. The fraction of sp³-hybridized carbons (Fsp3) is 0.444. The molecule has 0 unspecified atom stereocenters. The number of nitrogens with zero attached hydrogens (tertiary/aromatic N) is 4.